The minimum absolute atomic E-state index is 0. The van der Waals surface area contributed by atoms with E-state index in [1.807, 2.05) is 30.5 Å². The molecule has 0 saturated heterocycles. The van der Waals surface area contributed by atoms with Crippen LogP contribution in [-0.4, -0.2) is 42.4 Å². The molecule has 1 aromatic rings. The minimum atomic E-state index is -0.386. The maximum atomic E-state index is 12.0. The summed E-state index contributed by atoms with van der Waals surface area (Å²) in [5.74, 6) is 0.931. The van der Waals surface area contributed by atoms with E-state index < -0.39 is 0 Å². The van der Waals surface area contributed by atoms with Gasteiger partial charge in [0.15, 0.2) is 0 Å². The van der Waals surface area contributed by atoms with E-state index in [9.17, 15) is 4.79 Å². The molecule has 0 radical (unpaired) electrons. The van der Waals surface area contributed by atoms with Crippen LogP contribution >= 0.6 is 35.8 Å². The molecule has 1 atom stereocenters. The van der Waals surface area contributed by atoms with Gasteiger partial charge in [-0.1, -0.05) is 23.7 Å². The van der Waals surface area contributed by atoms with Crippen LogP contribution in [0, 0.1) is 0 Å². The highest BCUT2D eigenvalue weighted by Gasteiger charge is 2.17. The highest BCUT2D eigenvalue weighted by atomic mass is 35.5. The molecule has 3 nitrogen and oxygen atoms in total. The van der Waals surface area contributed by atoms with E-state index in [4.69, 9.17) is 17.3 Å². The third-order valence-electron chi connectivity index (χ3n) is 2.98. The van der Waals surface area contributed by atoms with Crippen molar-refractivity contribution >= 4 is 41.7 Å². The summed E-state index contributed by atoms with van der Waals surface area (Å²) in [5.41, 5.74) is 7.04. The van der Waals surface area contributed by atoms with Crippen molar-refractivity contribution in [3.63, 3.8) is 0 Å². The van der Waals surface area contributed by atoms with Crippen LogP contribution in [0.25, 0.3) is 0 Å². The van der Waals surface area contributed by atoms with Gasteiger partial charge in [-0.2, -0.15) is 11.8 Å². The second-order valence-electron chi connectivity index (χ2n) is 4.52. The first kappa shape index (κ1) is 19.6. The molecule has 2 N–H and O–H groups in total. The van der Waals surface area contributed by atoms with Gasteiger partial charge in [0.1, 0.15) is 0 Å². The van der Waals surface area contributed by atoms with Gasteiger partial charge in [0, 0.05) is 18.6 Å². The van der Waals surface area contributed by atoms with Gasteiger partial charge in [-0.25, -0.2) is 0 Å². The molecule has 0 saturated carbocycles. The van der Waals surface area contributed by atoms with E-state index in [0.29, 0.717) is 6.54 Å². The van der Waals surface area contributed by atoms with Crippen molar-refractivity contribution in [2.75, 3.05) is 25.6 Å². The fourth-order valence-electron chi connectivity index (χ4n) is 1.71. The summed E-state index contributed by atoms with van der Waals surface area (Å²) in [6.07, 6.45) is 3.56. The van der Waals surface area contributed by atoms with Gasteiger partial charge in [-0.05, 0) is 42.5 Å². The number of carbonyl (C=O) groups is 1. The molecule has 1 aromatic carbocycles. The van der Waals surface area contributed by atoms with Crippen molar-refractivity contribution in [1.82, 2.24) is 4.90 Å². The van der Waals surface area contributed by atoms with Crippen molar-refractivity contribution in [2.24, 2.45) is 5.73 Å². The summed E-state index contributed by atoms with van der Waals surface area (Å²) in [6, 6.07) is 7.30. The summed E-state index contributed by atoms with van der Waals surface area (Å²) >= 11 is 7.54. The number of amides is 1. The van der Waals surface area contributed by atoms with Crippen molar-refractivity contribution in [2.45, 2.75) is 18.9 Å². The fraction of sp³-hybridized carbons (Fsp3) is 0.500. The number of thioether (sulfide) groups is 1. The molecule has 0 aliphatic heterocycles. The van der Waals surface area contributed by atoms with Crippen LogP contribution in [0.2, 0.25) is 5.02 Å². The monoisotopic (exact) mass is 336 g/mol. The molecule has 0 aliphatic rings. The van der Waals surface area contributed by atoms with Gasteiger partial charge in [-0.3, -0.25) is 4.79 Å². The van der Waals surface area contributed by atoms with Crippen molar-refractivity contribution in [1.29, 1.82) is 0 Å². The smallest absolute Gasteiger partial charge is 0.239 e. The number of likely N-dealkylation sites (N-methyl/N-ethyl adjacent to an activating group) is 1. The van der Waals surface area contributed by atoms with Gasteiger partial charge >= 0.3 is 0 Å². The molecule has 0 aromatic heterocycles. The van der Waals surface area contributed by atoms with Crippen LogP contribution < -0.4 is 5.73 Å². The summed E-state index contributed by atoms with van der Waals surface area (Å²) in [5, 5.41) is 0.729. The zero-order chi connectivity index (χ0) is 14.3. The Morgan fingerprint density at radius 3 is 2.55 bits per heavy atom. The highest BCUT2D eigenvalue weighted by molar-refractivity contribution is 7.98. The number of carbonyl (C=O) groups excluding carboxylic acids is 1. The van der Waals surface area contributed by atoms with Gasteiger partial charge < -0.3 is 10.6 Å². The first-order valence-electron chi connectivity index (χ1n) is 6.28. The number of halogens is 2. The lowest BCUT2D eigenvalue weighted by molar-refractivity contribution is -0.131. The first-order valence-corrected chi connectivity index (χ1v) is 8.05. The fourth-order valence-corrected chi connectivity index (χ4v) is 2.33. The average molecular weight is 337 g/mol. The van der Waals surface area contributed by atoms with E-state index in [1.165, 1.54) is 5.56 Å². The highest BCUT2D eigenvalue weighted by Crippen LogP contribution is 2.10. The molecular formula is C14H22Cl2N2OS. The Hall–Kier alpha value is -0.420. The van der Waals surface area contributed by atoms with Crippen LogP contribution in [0.15, 0.2) is 24.3 Å². The molecule has 0 aliphatic carbocycles. The van der Waals surface area contributed by atoms with E-state index in [1.54, 1.807) is 23.7 Å². The average Bonchev–Trinajstić information content (AvgIpc) is 2.42. The molecule has 0 spiro atoms. The molecule has 1 amide bonds. The number of nitrogens with two attached hydrogens (primary N) is 1. The lowest BCUT2D eigenvalue weighted by Crippen LogP contribution is -2.42. The van der Waals surface area contributed by atoms with E-state index in [-0.39, 0.29) is 24.4 Å². The second kappa shape index (κ2) is 10.3. The Bertz CT molecular complexity index is 401. The van der Waals surface area contributed by atoms with Gasteiger partial charge in [0.05, 0.1) is 6.04 Å². The normalized spacial score (nSPS) is 11.6. The molecule has 20 heavy (non-hydrogen) atoms. The summed E-state index contributed by atoms with van der Waals surface area (Å²) in [4.78, 5) is 13.7. The van der Waals surface area contributed by atoms with Gasteiger partial charge in [0.25, 0.3) is 0 Å². The maximum Gasteiger partial charge on any atom is 0.239 e. The zero-order valence-corrected chi connectivity index (χ0v) is 14.2. The van der Waals surface area contributed by atoms with Crippen LogP contribution in [0.4, 0.5) is 0 Å². The largest absolute Gasteiger partial charge is 0.344 e. The number of rotatable bonds is 7. The Balaban J connectivity index is 0.00000361. The Kier molecular flexibility index (Phi) is 10.1. The van der Waals surface area contributed by atoms with Crippen LogP contribution in [0.5, 0.6) is 0 Å². The molecular weight excluding hydrogens is 315 g/mol. The standard InChI is InChI=1S/C14H21ClN2OS.ClH/c1-17(14(18)13(16)8-10-19-2)9-7-11-3-5-12(15)6-4-11;/h3-6,13H,7-10,16H2,1-2H3;1H/t13-;/m0./s1. The van der Waals surface area contributed by atoms with Crippen molar-refractivity contribution in [3.05, 3.63) is 34.9 Å². The summed E-state index contributed by atoms with van der Waals surface area (Å²) < 4.78 is 0. The molecule has 0 heterocycles. The van der Waals surface area contributed by atoms with Gasteiger partial charge in [0.2, 0.25) is 5.91 Å². The summed E-state index contributed by atoms with van der Waals surface area (Å²) in [7, 11) is 1.80. The third-order valence-corrected chi connectivity index (χ3v) is 3.87. The molecule has 6 heteroatoms. The lowest BCUT2D eigenvalue weighted by atomic mass is 10.1. The van der Waals surface area contributed by atoms with E-state index in [0.717, 1.165) is 23.6 Å². The number of nitrogens with zero attached hydrogens (tertiary/aromatic N) is 1. The van der Waals surface area contributed by atoms with Crippen LogP contribution in [-0.2, 0) is 11.2 Å². The van der Waals surface area contributed by atoms with Gasteiger partial charge in [-0.15, -0.1) is 12.4 Å². The molecule has 0 fully saturated rings. The minimum Gasteiger partial charge on any atom is -0.344 e. The molecule has 1 rings (SSSR count). The van der Waals surface area contributed by atoms with E-state index in [2.05, 4.69) is 0 Å². The predicted octanol–water partition coefficient (Wildman–Crippen LogP) is 2.84. The first-order chi connectivity index (χ1) is 9.04. The SMILES string of the molecule is CSCC[C@H](N)C(=O)N(C)CCc1ccc(Cl)cc1.Cl. The topological polar surface area (TPSA) is 46.3 Å². The number of benzene rings is 1. The van der Waals surface area contributed by atoms with E-state index >= 15 is 0 Å². The van der Waals surface area contributed by atoms with Crippen LogP contribution in [0.1, 0.15) is 12.0 Å². The zero-order valence-electron chi connectivity index (χ0n) is 11.8. The Morgan fingerprint density at radius 2 is 2.00 bits per heavy atom. The van der Waals surface area contributed by atoms with Crippen molar-refractivity contribution < 1.29 is 4.79 Å². The maximum absolute atomic E-state index is 12.0. The number of hydrogen-bond acceptors (Lipinski definition) is 3. The Morgan fingerprint density at radius 1 is 1.40 bits per heavy atom. The quantitative estimate of drug-likeness (QED) is 0.832. The molecule has 114 valence electrons. The van der Waals surface area contributed by atoms with Crippen LogP contribution in [0.3, 0.4) is 0 Å². The van der Waals surface area contributed by atoms with Crippen molar-refractivity contribution in [3.8, 4) is 0 Å². The summed E-state index contributed by atoms with van der Waals surface area (Å²) in [6.45, 7) is 0.674. The predicted molar refractivity (Wildman–Crippen MR) is 91.0 cm³/mol. The second-order valence-corrected chi connectivity index (χ2v) is 5.95. The lowest BCUT2D eigenvalue weighted by Gasteiger charge is -2.21. The Labute approximate surface area is 136 Å². The molecule has 0 unspecified atom stereocenters. The third kappa shape index (κ3) is 6.84. The molecule has 0 bridgehead atoms. The number of hydrogen-bond donors (Lipinski definition) is 1.